The smallest absolute Gasteiger partial charge is 0.321 e. The summed E-state index contributed by atoms with van der Waals surface area (Å²) in [7, 11) is -4.26. The van der Waals surface area contributed by atoms with Gasteiger partial charge in [0.25, 0.3) is 5.69 Å². The number of nitro groups is 1. The number of esters is 1. The van der Waals surface area contributed by atoms with Crippen LogP contribution in [0, 0.1) is 10.1 Å². The van der Waals surface area contributed by atoms with E-state index in [2.05, 4.69) is 0 Å². The first-order valence-corrected chi connectivity index (χ1v) is 9.08. The molecule has 9 nitrogen and oxygen atoms in total. The molecule has 0 unspecified atom stereocenters. The van der Waals surface area contributed by atoms with Crippen molar-refractivity contribution in [3.05, 3.63) is 34.4 Å². The third-order valence-corrected chi connectivity index (χ3v) is 4.91. The zero-order valence-corrected chi connectivity index (χ0v) is 15.3. The first-order valence-electron chi connectivity index (χ1n) is 7.64. The van der Waals surface area contributed by atoms with E-state index in [1.54, 1.807) is 20.8 Å². The van der Waals surface area contributed by atoms with Gasteiger partial charge in [0.05, 0.1) is 4.92 Å². The fourth-order valence-corrected chi connectivity index (χ4v) is 3.62. The van der Waals surface area contributed by atoms with Crippen molar-refractivity contribution in [1.82, 2.24) is 4.31 Å². The number of hydrogen-bond acceptors (Lipinski definition) is 7. The van der Waals surface area contributed by atoms with Gasteiger partial charge in [0.15, 0.2) is 4.90 Å². The van der Waals surface area contributed by atoms with Crippen LogP contribution >= 0.6 is 0 Å². The molecule has 0 bridgehead atoms. The number of nitrogens with zero attached hydrogens (tertiary/aromatic N) is 2. The van der Waals surface area contributed by atoms with Crippen LogP contribution in [0.15, 0.2) is 29.2 Å². The molecule has 0 radical (unpaired) electrons. The van der Waals surface area contributed by atoms with E-state index < -0.39 is 43.6 Å². The van der Waals surface area contributed by atoms with Crippen LogP contribution in [0.1, 0.15) is 27.2 Å². The molecule has 0 heterocycles. The summed E-state index contributed by atoms with van der Waals surface area (Å²) in [6.45, 7) is 4.58. The van der Waals surface area contributed by atoms with Crippen molar-refractivity contribution in [2.75, 3.05) is 19.6 Å². The average Bonchev–Trinajstić information content (AvgIpc) is 2.49. The second-order valence-electron chi connectivity index (χ2n) is 6.29. The van der Waals surface area contributed by atoms with Crippen LogP contribution in [0.5, 0.6) is 0 Å². The number of carbonyl (C=O) groups excluding carboxylic acids is 1. The Labute approximate surface area is 147 Å². The van der Waals surface area contributed by atoms with Crippen LogP contribution in [0.3, 0.4) is 0 Å². The summed E-state index contributed by atoms with van der Waals surface area (Å²) in [5, 5.41) is 11.1. The first kappa shape index (κ1) is 21.0. The van der Waals surface area contributed by atoms with Crippen molar-refractivity contribution >= 4 is 21.7 Å². The minimum atomic E-state index is -4.26. The number of carbonyl (C=O) groups is 1. The molecule has 1 aromatic rings. The van der Waals surface area contributed by atoms with Gasteiger partial charge in [-0.15, -0.1) is 0 Å². The molecule has 10 heteroatoms. The van der Waals surface area contributed by atoms with Gasteiger partial charge in [-0.25, -0.2) is 8.42 Å². The Morgan fingerprint density at radius 3 is 2.44 bits per heavy atom. The molecule has 0 atom stereocenters. The van der Waals surface area contributed by atoms with Crippen LogP contribution in [0.4, 0.5) is 5.69 Å². The molecule has 2 N–H and O–H groups in total. The highest BCUT2D eigenvalue weighted by atomic mass is 32.2. The predicted octanol–water partition coefficient (Wildman–Crippen LogP) is 1.28. The van der Waals surface area contributed by atoms with Crippen molar-refractivity contribution in [1.29, 1.82) is 0 Å². The Morgan fingerprint density at radius 2 is 1.92 bits per heavy atom. The maximum Gasteiger partial charge on any atom is 0.321 e. The predicted molar refractivity (Wildman–Crippen MR) is 91.4 cm³/mol. The van der Waals surface area contributed by atoms with E-state index >= 15 is 0 Å². The van der Waals surface area contributed by atoms with Crippen LogP contribution in [-0.2, 0) is 19.6 Å². The van der Waals surface area contributed by atoms with Gasteiger partial charge in [-0.2, -0.15) is 4.31 Å². The van der Waals surface area contributed by atoms with Gasteiger partial charge in [-0.1, -0.05) is 12.1 Å². The molecule has 25 heavy (non-hydrogen) atoms. The minimum Gasteiger partial charge on any atom is -0.459 e. The lowest BCUT2D eigenvalue weighted by molar-refractivity contribution is -0.387. The largest absolute Gasteiger partial charge is 0.459 e. The molecular weight excluding hydrogens is 350 g/mol. The van der Waals surface area contributed by atoms with Gasteiger partial charge in [-0.05, 0) is 39.8 Å². The van der Waals surface area contributed by atoms with Gasteiger partial charge in [-0.3, -0.25) is 14.9 Å². The van der Waals surface area contributed by atoms with Crippen molar-refractivity contribution < 1.29 is 22.9 Å². The fraction of sp³-hybridized carbons (Fsp3) is 0.533. The van der Waals surface area contributed by atoms with Crippen molar-refractivity contribution in [3.8, 4) is 0 Å². The first-order chi connectivity index (χ1) is 11.5. The molecule has 140 valence electrons. The molecule has 0 aromatic heterocycles. The lowest BCUT2D eigenvalue weighted by atomic mass is 10.2. The summed E-state index contributed by atoms with van der Waals surface area (Å²) in [5.41, 5.74) is 4.09. The van der Waals surface area contributed by atoms with Gasteiger partial charge < -0.3 is 10.5 Å². The Hall–Kier alpha value is -2.04. The Kier molecular flexibility index (Phi) is 7.03. The Balaban J connectivity index is 3.21. The monoisotopic (exact) mass is 373 g/mol. The number of sulfonamides is 1. The fourth-order valence-electron chi connectivity index (χ4n) is 2.03. The highest BCUT2D eigenvalue weighted by molar-refractivity contribution is 7.89. The van der Waals surface area contributed by atoms with Crippen molar-refractivity contribution in [2.45, 2.75) is 37.7 Å². The van der Waals surface area contributed by atoms with Gasteiger partial charge in [0.2, 0.25) is 10.0 Å². The van der Waals surface area contributed by atoms with E-state index in [1.165, 1.54) is 12.1 Å². The number of nitro benzene ring substituents is 1. The van der Waals surface area contributed by atoms with E-state index in [4.69, 9.17) is 10.5 Å². The standard InChI is InChI=1S/C15H23N3O6S/c1-15(2,3)24-14(19)11-17(10-6-9-16)25(22,23)13-8-5-4-7-12(13)18(20)21/h4-5,7-8H,6,9-11,16H2,1-3H3. The third kappa shape index (κ3) is 6.07. The number of hydrogen-bond donors (Lipinski definition) is 1. The lowest BCUT2D eigenvalue weighted by Gasteiger charge is -2.24. The molecule has 0 aliphatic heterocycles. The van der Waals surface area contributed by atoms with Crippen LogP contribution in [0.25, 0.3) is 0 Å². The SMILES string of the molecule is CC(C)(C)OC(=O)CN(CCCN)S(=O)(=O)c1ccccc1[N+](=O)[O-]. The number of ether oxygens (including phenoxy) is 1. The number of para-hydroxylation sites is 1. The van der Waals surface area contributed by atoms with Crippen molar-refractivity contribution in [3.63, 3.8) is 0 Å². The second kappa shape index (κ2) is 8.37. The van der Waals surface area contributed by atoms with Crippen LogP contribution < -0.4 is 5.73 Å². The highest BCUT2D eigenvalue weighted by Crippen LogP contribution is 2.26. The van der Waals surface area contributed by atoms with Crippen LogP contribution in [0.2, 0.25) is 0 Å². The molecule has 0 aliphatic rings. The van der Waals surface area contributed by atoms with E-state index in [0.29, 0.717) is 6.42 Å². The van der Waals surface area contributed by atoms with E-state index in [-0.39, 0.29) is 13.1 Å². The molecule has 0 aliphatic carbocycles. The third-order valence-electron chi connectivity index (χ3n) is 3.02. The lowest BCUT2D eigenvalue weighted by Crippen LogP contribution is -2.40. The van der Waals surface area contributed by atoms with Gasteiger partial charge in [0, 0.05) is 12.6 Å². The van der Waals surface area contributed by atoms with Gasteiger partial charge in [0.1, 0.15) is 12.1 Å². The summed E-state index contributed by atoms with van der Waals surface area (Å²) < 4.78 is 31.7. The van der Waals surface area contributed by atoms with Gasteiger partial charge >= 0.3 is 5.97 Å². The maximum absolute atomic E-state index is 12.8. The number of benzene rings is 1. The van der Waals surface area contributed by atoms with E-state index in [0.717, 1.165) is 16.4 Å². The topological polar surface area (TPSA) is 133 Å². The molecule has 0 spiro atoms. The molecule has 0 amide bonds. The zero-order valence-electron chi connectivity index (χ0n) is 14.5. The highest BCUT2D eigenvalue weighted by Gasteiger charge is 2.33. The zero-order chi connectivity index (χ0) is 19.3. The molecule has 0 saturated carbocycles. The molecule has 0 saturated heterocycles. The molecule has 0 fully saturated rings. The molecular formula is C15H23N3O6S. The second-order valence-corrected chi connectivity index (χ2v) is 8.20. The minimum absolute atomic E-state index is 0.0515. The summed E-state index contributed by atoms with van der Waals surface area (Å²) in [6.07, 6.45) is 0.294. The summed E-state index contributed by atoms with van der Waals surface area (Å²) in [5.74, 6) is -0.744. The Morgan fingerprint density at radius 1 is 1.32 bits per heavy atom. The molecule has 1 aromatic carbocycles. The molecule has 1 rings (SSSR count). The number of rotatable bonds is 8. The summed E-state index contributed by atoms with van der Waals surface area (Å²) in [6, 6.07) is 4.99. The van der Waals surface area contributed by atoms with Crippen molar-refractivity contribution in [2.24, 2.45) is 5.73 Å². The maximum atomic E-state index is 12.8. The van der Waals surface area contributed by atoms with E-state index in [1.807, 2.05) is 0 Å². The van der Waals surface area contributed by atoms with Crippen LogP contribution in [-0.4, -0.2) is 48.9 Å². The van der Waals surface area contributed by atoms with E-state index in [9.17, 15) is 23.3 Å². The summed E-state index contributed by atoms with van der Waals surface area (Å²) in [4.78, 5) is 21.9. The average molecular weight is 373 g/mol. The quantitative estimate of drug-likeness (QED) is 0.412. The Bertz CT molecular complexity index is 727. The summed E-state index contributed by atoms with van der Waals surface area (Å²) >= 11 is 0. The normalized spacial score (nSPS) is 12.2. The number of nitrogens with two attached hydrogens (primary N) is 1.